The first kappa shape index (κ1) is 16.9. The second-order valence-corrected chi connectivity index (χ2v) is 5.97. The molecule has 0 aromatic heterocycles. The van der Waals surface area contributed by atoms with Crippen molar-refractivity contribution in [2.24, 2.45) is 5.73 Å². The molecule has 1 unspecified atom stereocenters. The molecular formula is C16H23ClN2O3. The van der Waals surface area contributed by atoms with Crippen molar-refractivity contribution in [2.75, 3.05) is 6.61 Å². The van der Waals surface area contributed by atoms with Crippen molar-refractivity contribution in [3.05, 3.63) is 23.3 Å². The normalized spacial score (nSPS) is 20.4. The van der Waals surface area contributed by atoms with Crippen molar-refractivity contribution in [3.8, 4) is 11.5 Å². The number of carbonyl (C=O) groups is 1. The highest BCUT2D eigenvalue weighted by Crippen LogP contribution is 2.36. The van der Waals surface area contributed by atoms with Crippen molar-refractivity contribution in [1.29, 1.82) is 0 Å². The van der Waals surface area contributed by atoms with Crippen LogP contribution in [-0.4, -0.2) is 24.2 Å². The van der Waals surface area contributed by atoms with Crippen LogP contribution in [0.1, 0.15) is 37.8 Å². The van der Waals surface area contributed by atoms with E-state index in [1.807, 2.05) is 26.0 Å². The molecule has 1 saturated carbocycles. The zero-order valence-electron chi connectivity index (χ0n) is 13.0. The zero-order chi connectivity index (χ0) is 15.0. The summed E-state index contributed by atoms with van der Waals surface area (Å²) < 4.78 is 11.5. The maximum absolute atomic E-state index is 11.9. The molecule has 0 spiro atoms. The largest absolute Gasteiger partial charge is 0.494 e. The minimum absolute atomic E-state index is 0. The summed E-state index contributed by atoms with van der Waals surface area (Å²) in [5.74, 6) is 1.62. The van der Waals surface area contributed by atoms with Gasteiger partial charge in [-0.3, -0.25) is 4.79 Å². The Morgan fingerprint density at radius 3 is 2.86 bits per heavy atom. The Morgan fingerprint density at radius 2 is 2.23 bits per heavy atom. The second kappa shape index (κ2) is 6.34. The molecule has 5 nitrogen and oxygen atoms in total. The third-order valence-corrected chi connectivity index (χ3v) is 4.06. The average molecular weight is 327 g/mol. The van der Waals surface area contributed by atoms with Crippen LogP contribution in [0.3, 0.4) is 0 Å². The summed E-state index contributed by atoms with van der Waals surface area (Å²) in [6.45, 7) is 5.01. The van der Waals surface area contributed by atoms with Crippen molar-refractivity contribution in [1.82, 2.24) is 5.32 Å². The van der Waals surface area contributed by atoms with E-state index in [4.69, 9.17) is 15.2 Å². The van der Waals surface area contributed by atoms with E-state index in [0.717, 1.165) is 36.3 Å². The van der Waals surface area contributed by atoms with Crippen LogP contribution in [0.25, 0.3) is 0 Å². The van der Waals surface area contributed by atoms with Gasteiger partial charge in [0.05, 0.1) is 12.1 Å². The van der Waals surface area contributed by atoms with Gasteiger partial charge in [0.2, 0.25) is 5.91 Å². The maximum Gasteiger partial charge on any atom is 0.240 e. The quantitative estimate of drug-likeness (QED) is 0.867. The summed E-state index contributed by atoms with van der Waals surface area (Å²) in [6.07, 6.45) is 2.62. The van der Waals surface area contributed by atoms with Crippen LogP contribution in [0.5, 0.6) is 11.5 Å². The monoisotopic (exact) mass is 326 g/mol. The van der Waals surface area contributed by atoms with E-state index in [2.05, 4.69) is 5.32 Å². The van der Waals surface area contributed by atoms with Crippen molar-refractivity contribution in [3.63, 3.8) is 0 Å². The van der Waals surface area contributed by atoms with E-state index in [-0.39, 0.29) is 24.4 Å². The number of benzene rings is 1. The highest BCUT2D eigenvalue weighted by atomic mass is 35.5. The Labute approximate surface area is 137 Å². The van der Waals surface area contributed by atoms with Gasteiger partial charge in [-0.15, -0.1) is 12.4 Å². The molecular weight excluding hydrogens is 304 g/mol. The maximum atomic E-state index is 11.9. The summed E-state index contributed by atoms with van der Waals surface area (Å²) in [6, 6.07) is 4.00. The molecule has 0 saturated heterocycles. The average Bonchev–Trinajstić information content (AvgIpc) is 3.08. The number of hydrogen-bond donors (Lipinski definition) is 2. The minimum Gasteiger partial charge on any atom is -0.494 e. The lowest BCUT2D eigenvalue weighted by atomic mass is 10.1. The number of fused-ring (bicyclic) bond motifs is 1. The van der Waals surface area contributed by atoms with Crippen molar-refractivity contribution in [2.45, 2.75) is 51.3 Å². The molecule has 3 N–H and O–H groups in total. The fraction of sp³-hybridized carbons (Fsp3) is 0.562. The molecule has 1 fully saturated rings. The molecule has 1 atom stereocenters. The van der Waals surface area contributed by atoms with E-state index < -0.39 is 5.54 Å². The molecule has 1 heterocycles. The van der Waals surface area contributed by atoms with Crippen LogP contribution < -0.4 is 20.5 Å². The Hall–Kier alpha value is -1.46. The number of nitrogens with one attached hydrogen (secondary N) is 1. The lowest BCUT2D eigenvalue weighted by Crippen LogP contribution is -2.42. The second-order valence-electron chi connectivity index (χ2n) is 5.97. The van der Waals surface area contributed by atoms with Gasteiger partial charge >= 0.3 is 0 Å². The van der Waals surface area contributed by atoms with E-state index in [1.165, 1.54) is 5.56 Å². The summed E-state index contributed by atoms with van der Waals surface area (Å²) in [5, 5.41) is 2.90. The molecule has 1 aliphatic heterocycles. The van der Waals surface area contributed by atoms with Crippen LogP contribution in [0.2, 0.25) is 0 Å². The van der Waals surface area contributed by atoms with Crippen LogP contribution in [0.15, 0.2) is 12.1 Å². The van der Waals surface area contributed by atoms with Gasteiger partial charge < -0.3 is 20.5 Å². The molecule has 22 heavy (non-hydrogen) atoms. The molecule has 2 aliphatic rings. The van der Waals surface area contributed by atoms with Gasteiger partial charge in [0.15, 0.2) is 0 Å². The lowest BCUT2D eigenvalue weighted by molar-refractivity contribution is -0.123. The fourth-order valence-corrected chi connectivity index (χ4v) is 2.62. The van der Waals surface area contributed by atoms with E-state index in [1.54, 1.807) is 0 Å². The molecule has 0 radical (unpaired) electrons. The molecule has 1 amide bonds. The van der Waals surface area contributed by atoms with Gasteiger partial charge in [-0.1, -0.05) is 0 Å². The molecule has 1 aliphatic carbocycles. The van der Waals surface area contributed by atoms with Crippen molar-refractivity contribution < 1.29 is 14.3 Å². The first-order valence-corrected chi connectivity index (χ1v) is 7.54. The number of ether oxygens (including phenoxy) is 2. The predicted molar refractivity (Wildman–Crippen MR) is 86.7 cm³/mol. The number of halogens is 1. The fourth-order valence-electron chi connectivity index (χ4n) is 2.62. The first-order valence-electron chi connectivity index (χ1n) is 7.54. The Balaban J connectivity index is 0.00000176. The predicted octanol–water partition coefficient (Wildman–Crippen LogP) is 1.94. The summed E-state index contributed by atoms with van der Waals surface area (Å²) in [5.41, 5.74) is 7.34. The third kappa shape index (κ3) is 3.31. The van der Waals surface area contributed by atoms with Gasteiger partial charge in [-0.25, -0.2) is 0 Å². The molecule has 3 rings (SSSR count). The Morgan fingerprint density at radius 1 is 1.50 bits per heavy atom. The van der Waals surface area contributed by atoms with Crippen LogP contribution in [0, 0.1) is 0 Å². The van der Waals surface area contributed by atoms with Gasteiger partial charge in [0, 0.05) is 24.1 Å². The Kier molecular flexibility index (Phi) is 4.87. The van der Waals surface area contributed by atoms with Crippen LogP contribution in [0.4, 0.5) is 0 Å². The smallest absolute Gasteiger partial charge is 0.240 e. The van der Waals surface area contributed by atoms with Gasteiger partial charge in [-0.2, -0.15) is 0 Å². The van der Waals surface area contributed by atoms with Crippen molar-refractivity contribution >= 4 is 18.3 Å². The first-order chi connectivity index (χ1) is 10.0. The van der Waals surface area contributed by atoms with Crippen LogP contribution in [-0.2, 0) is 17.8 Å². The molecule has 0 bridgehead atoms. The minimum atomic E-state index is -0.645. The summed E-state index contributed by atoms with van der Waals surface area (Å²) in [7, 11) is 0. The standard InChI is InChI=1S/C16H22N2O3.ClH/c1-3-20-13-7-11-6-10(2)21-14(11)8-12(13)9-18-15(19)16(17)4-5-16;/h7-8,10H,3-6,9,17H2,1-2H3,(H,18,19);1H. The highest BCUT2D eigenvalue weighted by molar-refractivity contribution is 5.89. The number of rotatable bonds is 5. The van der Waals surface area contributed by atoms with Gasteiger partial charge in [0.25, 0.3) is 0 Å². The molecule has 122 valence electrons. The lowest BCUT2D eigenvalue weighted by Gasteiger charge is -2.15. The summed E-state index contributed by atoms with van der Waals surface area (Å²) >= 11 is 0. The molecule has 1 aromatic rings. The topological polar surface area (TPSA) is 73.6 Å². The van der Waals surface area contributed by atoms with E-state index in [9.17, 15) is 4.79 Å². The Bertz CT molecular complexity index is 573. The molecule has 6 heteroatoms. The van der Waals surface area contributed by atoms with Gasteiger partial charge in [0.1, 0.15) is 17.6 Å². The summed E-state index contributed by atoms with van der Waals surface area (Å²) in [4.78, 5) is 11.9. The van der Waals surface area contributed by atoms with E-state index in [0.29, 0.717) is 13.2 Å². The number of amides is 1. The van der Waals surface area contributed by atoms with Crippen LogP contribution >= 0.6 is 12.4 Å². The number of carbonyl (C=O) groups excluding carboxylic acids is 1. The zero-order valence-corrected chi connectivity index (χ0v) is 13.8. The highest BCUT2D eigenvalue weighted by Gasteiger charge is 2.45. The SMILES string of the molecule is CCOc1cc2c(cc1CNC(=O)C1(N)CC1)OC(C)C2.Cl. The third-order valence-electron chi connectivity index (χ3n) is 4.06. The molecule has 1 aromatic carbocycles. The van der Waals surface area contributed by atoms with E-state index >= 15 is 0 Å². The van der Waals surface area contributed by atoms with Gasteiger partial charge in [-0.05, 0) is 38.8 Å². The number of nitrogens with two attached hydrogens (primary N) is 1. The number of hydrogen-bond acceptors (Lipinski definition) is 4.